The first-order valence-electron chi connectivity index (χ1n) is 11.5. The summed E-state index contributed by atoms with van der Waals surface area (Å²) < 4.78 is 10.7. The van der Waals surface area contributed by atoms with E-state index in [1.165, 1.54) is 0 Å². The summed E-state index contributed by atoms with van der Waals surface area (Å²) in [6, 6.07) is 13.7. The number of anilines is 2. The minimum Gasteiger partial charge on any atom is -0.454 e. The highest BCUT2D eigenvalue weighted by Crippen LogP contribution is 2.32. The molecule has 0 spiro atoms. The van der Waals surface area contributed by atoms with E-state index in [1.807, 2.05) is 37.2 Å². The third kappa shape index (κ3) is 4.65. The first kappa shape index (κ1) is 21.3. The molecule has 1 aliphatic carbocycles. The van der Waals surface area contributed by atoms with Crippen LogP contribution in [0.5, 0.6) is 11.5 Å². The van der Waals surface area contributed by atoms with Gasteiger partial charge < -0.3 is 25.0 Å². The second-order valence-electron chi connectivity index (χ2n) is 8.92. The standard InChI is InChI=1S/C25H29N5O3/c1-30(2)23-19-5-3-4-6-20(19)28-25(29-23)27-18-10-7-16(8-11-18)14-26-24(31)17-9-12-21-22(13-17)33-15-32-21/h3-6,9,12-13,16,18H,7-8,10-11,14-15H2,1-2H3,(H,26,31)(H,27,28,29). The first-order valence-corrected chi connectivity index (χ1v) is 11.5. The van der Waals surface area contributed by atoms with Gasteiger partial charge in [-0.2, -0.15) is 4.98 Å². The van der Waals surface area contributed by atoms with Crippen LogP contribution in [0.1, 0.15) is 36.0 Å². The molecule has 1 fully saturated rings. The zero-order valence-corrected chi connectivity index (χ0v) is 19.0. The number of nitrogens with one attached hydrogen (secondary N) is 2. The van der Waals surface area contributed by atoms with Crippen molar-refractivity contribution in [2.75, 3.05) is 37.6 Å². The number of fused-ring (bicyclic) bond motifs is 2. The second-order valence-corrected chi connectivity index (χ2v) is 8.92. The summed E-state index contributed by atoms with van der Waals surface area (Å²) >= 11 is 0. The molecule has 0 saturated heterocycles. The van der Waals surface area contributed by atoms with Gasteiger partial charge in [0.2, 0.25) is 12.7 Å². The molecule has 2 aromatic carbocycles. The fourth-order valence-electron chi connectivity index (χ4n) is 4.54. The van der Waals surface area contributed by atoms with Gasteiger partial charge in [0.05, 0.1) is 5.52 Å². The van der Waals surface area contributed by atoms with E-state index in [0.29, 0.717) is 41.5 Å². The molecule has 172 valence electrons. The summed E-state index contributed by atoms with van der Waals surface area (Å²) in [6.45, 7) is 0.885. The van der Waals surface area contributed by atoms with E-state index >= 15 is 0 Å². The molecule has 33 heavy (non-hydrogen) atoms. The number of amides is 1. The molecule has 8 nitrogen and oxygen atoms in total. The van der Waals surface area contributed by atoms with E-state index in [0.717, 1.165) is 42.4 Å². The molecule has 1 aromatic heterocycles. The van der Waals surface area contributed by atoms with E-state index in [-0.39, 0.29) is 12.7 Å². The lowest BCUT2D eigenvalue weighted by atomic mass is 9.86. The monoisotopic (exact) mass is 447 g/mol. The van der Waals surface area contributed by atoms with Crippen LogP contribution in [-0.2, 0) is 0 Å². The molecule has 5 rings (SSSR count). The lowest BCUT2D eigenvalue weighted by Crippen LogP contribution is -2.34. The molecule has 0 atom stereocenters. The van der Waals surface area contributed by atoms with Crippen molar-refractivity contribution in [1.29, 1.82) is 0 Å². The summed E-state index contributed by atoms with van der Waals surface area (Å²) in [5, 5.41) is 7.67. The highest BCUT2D eigenvalue weighted by molar-refractivity contribution is 5.95. The Kier molecular flexibility index (Phi) is 5.90. The van der Waals surface area contributed by atoms with Crippen molar-refractivity contribution >= 4 is 28.6 Å². The number of ether oxygens (including phenoxy) is 2. The van der Waals surface area contributed by atoms with Gasteiger partial charge in [-0.05, 0) is 61.9 Å². The summed E-state index contributed by atoms with van der Waals surface area (Å²) in [5.74, 6) is 3.30. The number of hydrogen-bond acceptors (Lipinski definition) is 7. The lowest BCUT2D eigenvalue weighted by molar-refractivity contribution is 0.0943. The van der Waals surface area contributed by atoms with E-state index in [1.54, 1.807) is 18.2 Å². The molecule has 8 heteroatoms. The fraction of sp³-hybridized carbons (Fsp3) is 0.400. The molecule has 2 aliphatic rings. The summed E-state index contributed by atoms with van der Waals surface area (Å²) in [7, 11) is 4.00. The topological polar surface area (TPSA) is 88.6 Å². The van der Waals surface area contributed by atoms with Gasteiger partial charge in [0.15, 0.2) is 11.5 Å². The number of para-hydroxylation sites is 1. The summed E-state index contributed by atoms with van der Waals surface area (Å²) in [4.78, 5) is 24.1. The van der Waals surface area contributed by atoms with Gasteiger partial charge in [0, 0.05) is 37.6 Å². The Morgan fingerprint density at radius 3 is 2.64 bits per heavy atom. The van der Waals surface area contributed by atoms with Crippen molar-refractivity contribution in [2.24, 2.45) is 5.92 Å². The van der Waals surface area contributed by atoms with Crippen molar-refractivity contribution in [2.45, 2.75) is 31.7 Å². The SMILES string of the molecule is CN(C)c1nc(NC2CCC(CNC(=O)c3ccc4c(c3)OCO4)CC2)nc2ccccc12. The van der Waals surface area contributed by atoms with Gasteiger partial charge in [-0.25, -0.2) is 4.98 Å². The normalized spacial score (nSPS) is 19.3. The van der Waals surface area contributed by atoms with Crippen LogP contribution in [0, 0.1) is 5.92 Å². The highest BCUT2D eigenvalue weighted by Gasteiger charge is 2.23. The fourth-order valence-corrected chi connectivity index (χ4v) is 4.54. The maximum Gasteiger partial charge on any atom is 0.251 e. The Hall–Kier alpha value is -3.55. The summed E-state index contributed by atoms with van der Waals surface area (Å²) in [6.07, 6.45) is 4.15. The zero-order chi connectivity index (χ0) is 22.8. The molecule has 1 amide bonds. The molecule has 0 radical (unpaired) electrons. The number of rotatable bonds is 6. The largest absolute Gasteiger partial charge is 0.454 e. The van der Waals surface area contributed by atoms with Crippen molar-refractivity contribution < 1.29 is 14.3 Å². The Balaban J connectivity index is 1.14. The molecule has 1 aliphatic heterocycles. The molecule has 0 bridgehead atoms. The third-order valence-corrected chi connectivity index (χ3v) is 6.37. The van der Waals surface area contributed by atoms with Crippen molar-refractivity contribution in [3.05, 3.63) is 48.0 Å². The van der Waals surface area contributed by atoms with Crippen LogP contribution in [0.4, 0.5) is 11.8 Å². The van der Waals surface area contributed by atoms with E-state index in [4.69, 9.17) is 19.4 Å². The van der Waals surface area contributed by atoms with Crippen LogP contribution >= 0.6 is 0 Å². The van der Waals surface area contributed by atoms with Crippen LogP contribution in [0.2, 0.25) is 0 Å². The van der Waals surface area contributed by atoms with Gasteiger partial charge >= 0.3 is 0 Å². The van der Waals surface area contributed by atoms with E-state index < -0.39 is 0 Å². The van der Waals surface area contributed by atoms with Crippen LogP contribution in [-0.4, -0.2) is 49.4 Å². The number of aromatic nitrogens is 2. The number of nitrogens with zero attached hydrogens (tertiary/aromatic N) is 3. The number of carbonyl (C=O) groups is 1. The van der Waals surface area contributed by atoms with Gasteiger partial charge in [-0.3, -0.25) is 4.79 Å². The molecule has 0 unspecified atom stereocenters. The van der Waals surface area contributed by atoms with Gasteiger partial charge in [0.1, 0.15) is 5.82 Å². The molecular weight excluding hydrogens is 418 g/mol. The second kappa shape index (κ2) is 9.13. The van der Waals surface area contributed by atoms with Crippen LogP contribution in [0.25, 0.3) is 10.9 Å². The molecule has 1 saturated carbocycles. The van der Waals surface area contributed by atoms with Crippen molar-refractivity contribution in [3.8, 4) is 11.5 Å². The maximum atomic E-state index is 12.5. The van der Waals surface area contributed by atoms with Gasteiger partial charge in [-0.15, -0.1) is 0 Å². The smallest absolute Gasteiger partial charge is 0.251 e. The predicted molar refractivity (Wildman–Crippen MR) is 128 cm³/mol. The van der Waals surface area contributed by atoms with Crippen molar-refractivity contribution in [1.82, 2.24) is 15.3 Å². The predicted octanol–water partition coefficient (Wildman–Crippen LogP) is 3.83. The van der Waals surface area contributed by atoms with Gasteiger partial charge in [0.25, 0.3) is 5.91 Å². The quantitative estimate of drug-likeness (QED) is 0.594. The Labute approximate surface area is 193 Å². The number of carbonyl (C=O) groups excluding carboxylic acids is 1. The van der Waals surface area contributed by atoms with Gasteiger partial charge in [-0.1, -0.05) is 12.1 Å². The number of benzene rings is 2. The average molecular weight is 448 g/mol. The summed E-state index contributed by atoms with van der Waals surface area (Å²) in [5.41, 5.74) is 1.54. The van der Waals surface area contributed by atoms with E-state index in [2.05, 4.69) is 16.7 Å². The number of hydrogen-bond donors (Lipinski definition) is 2. The van der Waals surface area contributed by atoms with Crippen LogP contribution < -0.4 is 25.0 Å². The Morgan fingerprint density at radius 2 is 1.82 bits per heavy atom. The minimum atomic E-state index is -0.0747. The van der Waals surface area contributed by atoms with Crippen LogP contribution in [0.15, 0.2) is 42.5 Å². The Bertz CT molecular complexity index is 1160. The molecular formula is C25H29N5O3. The first-order chi connectivity index (χ1) is 16.1. The maximum absolute atomic E-state index is 12.5. The third-order valence-electron chi connectivity index (χ3n) is 6.37. The molecule has 2 N–H and O–H groups in total. The van der Waals surface area contributed by atoms with Crippen LogP contribution in [0.3, 0.4) is 0 Å². The zero-order valence-electron chi connectivity index (χ0n) is 19.0. The lowest BCUT2D eigenvalue weighted by Gasteiger charge is -2.29. The Morgan fingerprint density at radius 1 is 1.03 bits per heavy atom. The molecule has 2 heterocycles. The molecule has 3 aromatic rings. The van der Waals surface area contributed by atoms with E-state index in [9.17, 15) is 4.79 Å². The highest BCUT2D eigenvalue weighted by atomic mass is 16.7. The minimum absolute atomic E-state index is 0.0747. The average Bonchev–Trinajstić information content (AvgIpc) is 3.31. The van der Waals surface area contributed by atoms with Crippen molar-refractivity contribution in [3.63, 3.8) is 0 Å².